The van der Waals surface area contributed by atoms with E-state index in [-0.39, 0.29) is 13.0 Å². The second-order valence-electron chi connectivity index (χ2n) is 6.38. The van der Waals surface area contributed by atoms with E-state index in [2.05, 4.69) is 0 Å². The maximum Gasteiger partial charge on any atom is 0.419 e. The lowest BCUT2D eigenvalue weighted by Crippen LogP contribution is -2.39. The summed E-state index contributed by atoms with van der Waals surface area (Å²) in [5.74, 6) is 0.0828. The van der Waals surface area contributed by atoms with Crippen molar-refractivity contribution in [2.45, 2.75) is 43.9 Å². The summed E-state index contributed by atoms with van der Waals surface area (Å²) in [6, 6.07) is 2.66. The Morgan fingerprint density at radius 3 is 2.48 bits per heavy atom. The van der Waals surface area contributed by atoms with Crippen molar-refractivity contribution in [1.29, 1.82) is 0 Å². The first-order chi connectivity index (χ1) is 9.65. The van der Waals surface area contributed by atoms with Crippen molar-refractivity contribution in [1.82, 2.24) is 0 Å². The minimum absolute atomic E-state index is 0.247. The average molecular weight is 304 g/mol. The van der Waals surface area contributed by atoms with Gasteiger partial charge in [0.1, 0.15) is 11.6 Å². The van der Waals surface area contributed by atoms with Crippen molar-refractivity contribution < 1.29 is 27.0 Å². The lowest BCUT2D eigenvalue weighted by Gasteiger charge is -2.31. The summed E-state index contributed by atoms with van der Waals surface area (Å²) in [5, 5.41) is 0. The molecule has 2 aliphatic heterocycles. The molecule has 2 heterocycles. The van der Waals surface area contributed by atoms with Gasteiger partial charge in [0.05, 0.1) is 13.2 Å². The summed E-state index contributed by atoms with van der Waals surface area (Å²) >= 11 is 0. The fraction of sp³-hybridized carbons (Fsp3) is 0.600. The van der Waals surface area contributed by atoms with Crippen LogP contribution in [0.15, 0.2) is 12.1 Å². The number of benzene rings is 1. The molecular weight excluding hydrogens is 288 g/mol. The largest absolute Gasteiger partial charge is 0.493 e. The standard InChI is InChI=1S/C15H16F4O2/c1-13(2,7-14(8-21-14)15(17,18)19)11-6-10(16)5-9-3-4-20-12(9)11/h5-6H,3-4,7-8H2,1-2H3/t14-/m0/s1. The van der Waals surface area contributed by atoms with Crippen LogP contribution in [0.1, 0.15) is 31.4 Å². The predicted molar refractivity (Wildman–Crippen MR) is 68.0 cm³/mol. The Bertz CT molecular complexity index is 574. The molecule has 0 aromatic heterocycles. The monoisotopic (exact) mass is 304 g/mol. The van der Waals surface area contributed by atoms with Crippen molar-refractivity contribution in [3.8, 4) is 5.75 Å². The van der Waals surface area contributed by atoms with Crippen molar-refractivity contribution in [2.75, 3.05) is 13.2 Å². The van der Waals surface area contributed by atoms with E-state index < -0.39 is 23.0 Å². The van der Waals surface area contributed by atoms with Gasteiger partial charge in [-0.05, 0) is 24.0 Å². The number of hydrogen-bond donors (Lipinski definition) is 0. The Morgan fingerprint density at radius 1 is 1.24 bits per heavy atom. The summed E-state index contributed by atoms with van der Waals surface area (Å²) in [5.41, 5.74) is -1.80. The molecule has 3 rings (SSSR count). The molecule has 1 atom stereocenters. The predicted octanol–water partition coefficient (Wildman–Crippen LogP) is 3.76. The van der Waals surface area contributed by atoms with Crippen LogP contribution >= 0.6 is 0 Å². The van der Waals surface area contributed by atoms with Crippen molar-refractivity contribution >= 4 is 0 Å². The fourth-order valence-corrected chi connectivity index (χ4v) is 3.03. The van der Waals surface area contributed by atoms with E-state index in [1.54, 1.807) is 13.8 Å². The van der Waals surface area contributed by atoms with Crippen LogP contribution in [-0.2, 0) is 16.6 Å². The molecule has 116 valence electrons. The van der Waals surface area contributed by atoms with E-state index in [1.165, 1.54) is 12.1 Å². The van der Waals surface area contributed by atoms with Gasteiger partial charge < -0.3 is 9.47 Å². The molecule has 1 fully saturated rings. The second-order valence-corrected chi connectivity index (χ2v) is 6.38. The first-order valence-corrected chi connectivity index (χ1v) is 6.81. The lowest BCUT2D eigenvalue weighted by atomic mass is 9.76. The number of rotatable bonds is 3. The third-order valence-electron chi connectivity index (χ3n) is 4.21. The third kappa shape index (κ3) is 2.39. The van der Waals surface area contributed by atoms with Gasteiger partial charge in [0.15, 0.2) is 5.60 Å². The molecule has 0 amide bonds. The molecule has 0 saturated carbocycles. The van der Waals surface area contributed by atoms with Crippen LogP contribution in [0.3, 0.4) is 0 Å². The molecule has 0 spiro atoms. The van der Waals surface area contributed by atoms with Crippen molar-refractivity contribution in [3.63, 3.8) is 0 Å². The van der Waals surface area contributed by atoms with Crippen LogP contribution < -0.4 is 4.74 Å². The first-order valence-electron chi connectivity index (χ1n) is 6.81. The van der Waals surface area contributed by atoms with Crippen LogP contribution in [0.25, 0.3) is 0 Å². The summed E-state index contributed by atoms with van der Waals surface area (Å²) in [6.45, 7) is 3.43. The van der Waals surface area contributed by atoms with Crippen LogP contribution in [-0.4, -0.2) is 25.0 Å². The number of alkyl halides is 3. The molecule has 1 saturated heterocycles. The minimum Gasteiger partial charge on any atom is -0.493 e. The number of ether oxygens (including phenoxy) is 2. The Balaban J connectivity index is 1.96. The van der Waals surface area contributed by atoms with Crippen LogP contribution in [0.4, 0.5) is 17.6 Å². The highest BCUT2D eigenvalue weighted by molar-refractivity contribution is 5.48. The molecule has 0 N–H and O–H groups in total. The highest BCUT2D eigenvalue weighted by Gasteiger charge is 2.67. The normalized spacial score (nSPS) is 24.7. The molecule has 0 radical (unpaired) electrons. The summed E-state index contributed by atoms with van der Waals surface area (Å²) in [4.78, 5) is 0. The van der Waals surface area contributed by atoms with Gasteiger partial charge >= 0.3 is 6.18 Å². The van der Waals surface area contributed by atoms with Crippen LogP contribution in [0.5, 0.6) is 5.75 Å². The topological polar surface area (TPSA) is 21.8 Å². The molecule has 0 unspecified atom stereocenters. The summed E-state index contributed by atoms with van der Waals surface area (Å²) < 4.78 is 63.1. The highest BCUT2D eigenvalue weighted by atomic mass is 19.4. The molecule has 1 aromatic carbocycles. The average Bonchev–Trinajstić information content (AvgIpc) is 2.98. The lowest BCUT2D eigenvalue weighted by molar-refractivity contribution is -0.188. The zero-order chi connectivity index (χ0) is 15.5. The first kappa shape index (κ1) is 14.6. The number of hydrogen-bond acceptors (Lipinski definition) is 2. The zero-order valence-corrected chi connectivity index (χ0v) is 11.8. The smallest absolute Gasteiger partial charge is 0.419 e. The van der Waals surface area contributed by atoms with E-state index in [9.17, 15) is 17.6 Å². The van der Waals surface area contributed by atoms with Gasteiger partial charge in [0.25, 0.3) is 0 Å². The zero-order valence-electron chi connectivity index (χ0n) is 11.8. The van der Waals surface area contributed by atoms with Gasteiger partial charge in [0, 0.05) is 17.5 Å². The van der Waals surface area contributed by atoms with Gasteiger partial charge in [-0.25, -0.2) is 4.39 Å². The molecule has 0 bridgehead atoms. The van der Waals surface area contributed by atoms with Gasteiger partial charge in [-0.15, -0.1) is 0 Å². The molecule has 2 nitrogen and oxygen atoms in total. The molecule has 0 aliphatic carbocycles. The molecule has 2 aliphatic rings. The maximum atomic E-state index is 13.7. The van der Waals surface area contributed by atoms with E-state index in [4.69, 9.17) is 9.47 Å². The molecule has 1 aromatic rings. The third-order valence-corrected chi connectivity index (χ3v) is 4.21. The van der Waals surface area contributed by atoms with Gasteiger partial charge in [-0.1, -0.05) is 13.8 Å². The number of halogens is 4. The highest BCUT2D eigenvalue weighted by Crippen LogP contribution is 2.52. The maximum absolute atomic E-state index is 13.7. The van der Waals surface area contributed by atoms with Crippen LogP contribution in [0, 0.1) is 5.82 Å². The number of epoxide rings is 1. The SMILES string of the molecule is CC(C)(C[C@@]1(C(F)(F)F)CO1)c1cc(F)cc2c1OCC2. The fourth-order valence-electron chi connectivity index (χ4n) is 3.03. The Kier molecular flexibility index (Phi) is 3.03. The Morgan fingerprint density at radius 2 is 1.90 bits per heavy atom. The van der Waals surface area contributed by atoms with E-state index in [0.717, 1.165) is 5.56 Å². The second kappa shape index (κ2) is 4.35. The van der Waals surface area contributed by atoms with E-state index in [1.807, 2.05) is 0 Å². The Labute approximate surface area is 120 Å². The van der Waals surface area contributed by atoms with Gasteiger partial charge in [-0.3, -0.25) is 0 Å². The van der Waals surface area contributed by atoms with Crippen molar-refractivity contribution in [2.24, 2.45) is 0 Å². The summed E-state index contributed by atoms with van der Waals surface area (Å²) in [7, 11) is 0. The summed E-state index contributed by atoms with van der Waals surface area (Å²) in [6.07, 6.45) is -4.08. The minimum atomic E-state index is -4.42. The van der Waals surface area contributed by atoms with E-state index >= 15 is 0 Å². The van der Waals surface area contributed by atoms with Crippen LogP contribution in [0.2, 0.25) is 0 Å². The van der Waals surface area contributed by atoms with Crippen molar-refractivity contribution in [3.05, 3.63) is 29.1 Å². The molecule has 21 heavy (non-hydrogen) atoms. The van der Waals surface area contributed by atoms with Gasteiger partial charge in [0.2, 0.25) is 0 Å². The Hall–Kier alpha value is -1.30. The molecular formula is C15H16F4O2. The van der Waals surface area contributed by atoms with E-state index in [0.29, 0.717) is 24.3 Å². The molecule has 6 heteroatoms. The van der Waals surface area contributed by atoms with Gasteiger partial charge in [-0.2, -0.15) is 13.2 Å². The quantitative estimate of drug-likeness (QED) is 0.626. The number of fused-ring (bicyclic) bond motifs is 1.